The summed E-state index contributed by atoms with van der Waals surface area (Å²) in [6, 6.07) is 1.23. The molecule has 0 saturated carbocycles. The van der Waals surface area contributed by atoms with Gasteiger partial charge in [-0.15, -0.1) is 6.58 Å². The lowest BCUT2D eigenvalue weighted by Crippen LogP contribution is -2.36. The molecule has 0 aromatic heterocycles. The fraction of sp³-hybridized carbons (Fsp3) is 0.765. The van der Waals surface area contributed by atoms with Gasteiger partial charge in [0.25, 0.3) is 0 Å². The molecule has 0 aliphatic heterocycles. The zero-order valence-electron chi connectivity index (χ0n) is 14.1. The molecule has 0 fully saturated rings. The van der Waals surface area contributed by atoms with Crippen molar-refractivity contribution < 1.29 is 5.11 Å². The Hall–Kier alpha value is -0.343. The first kappa shape index (κ1) is 18.7. The Morgan fingerprint density at radius 1 is 1.32 bits per heavy atom. The van der Waals surface area contributed by atoms with Gasteiger partial charge in [0.15, 0.2) is 0 Å². The maximum atomic E-state index is 9.93. The van der Waals surface area contributed by atoms with Crippen LogP contribution >= 0.6 is 0 Å². The molecule has 2 unspecified atom stereocenters. The van der Waals surface area contributed by atoms with E-state index >= 15 is 0 Å². The van der Waals surface area contributed by atoms with E-state index in [1.165, 1.54) is 11.6 Å². The van der Waals surface area contributed by atoms with Crippen LogP contribution in [0.25, 0.3) is 0 Å². The van der Waals surface area contributed by atoms with E-state index in [2.05, 4.69) is 53.4 Å². The van der Waals surface area contributed by atoms with E-state index in [9.17, 15) is 5.11 Å². The highest BCUT2D eigenvalue weighted by atomic mass is 28.3. The molecule has 1 nitrogen and oxygen atoms in total. The van der Waals surface area contributed by atoms with Crippen molar-refractivity contribution in [2.24, 2.45) is 5.92 Å². The number of rotatable bonds is 7. The first-order valence-corrected chi connectivity index (χ1v) is 10.7. The van der Waals surface area contributed by atoms with E-state index in [1.807, 2.05) is 13.0 Å². The maximum absolute atomic E-state index is 9.93. The standard InChI is InChI=1S/C17H34OSi/c1-9-15(3)16(18)11-10-14(2)12-13-19(7,8)17(4,5)6/h9,12,15-16,18H,1,10-11,13H2,2-8H3/b14-12+. The van der Waals surface area contributed by atoms with E-state index in [0.29, 0.717) is 5.04 Å². The van der Waals surface area contributed by atoms with Gasteiger partial charge in [0.2, 0.25) is 0 Å². The third kappa shape index (κ3) is 6.58. The van der Waals surface area contributed by atoms with Crippen molar-refractivity contribution in [1.29, 1.82) is 0 Å². The molecule has 0 spiro atoms. The van der Waals surface area contributed by atoms with E-state index in [0.717, 1.165) is 12.8 Å². The number of allylic oxidation sites excluding steroid dienone is 2. The molecule has 0 rings (SSSR count). The molecule has 0 aromatic rings. The molecular formula is C17H34OSi. The Balaban J connectivity index is 4.33. The number of aliphatic hydroxyl groups excluding tert-OH is 1. The summed E-state index contributed by atoms with van der Waals surface area (Å²) < 4.78 is 0. The number of aliphatic hydroxyl groups is 1. The average molecular weight is 283 g/mol. The van der Waals surface area contributed by atoms with Crippen molar-refractivity contribution in [2.75, 3.05) is 0 Å². The summed E-state index contributed by atoms with van der Waals surface area (Å²) in [6.07, 6.45) is 5.82. The Labute approximate surface area is 121 Å². The summed E-state index contributed by atoms with van der Waals surface area (Å²) in [5.41, 5.74) is 1.42. The molecule has 0 radical (unpaired) electrons. The Morgan fingerprint density at radius 2 is 1.84 bits per heavy atom. The van der Waals surface area contributed by atoms with Crippen LogP contribution in [0.2, 0.25) is 24.2 Å². The minimum absolute atomic E-state index is 0.188. The van der Waals surface area contributed by atoms with Crippen LogP contribution in [0, 0.1) is 5.92 Å². The van der Waals surface area contributed by atoms with Crippen LogP contribution in [0.5, 0.6) is 0 Å². The molecule has 2 heteroatoms. The van der Waals surface area contributed by atoms with Crippen molar-refractivity contribution in [2.45, 2.75) is 77.7 Å². The molecule has 19 heavy (non-hydrogen) atoms. The predicted molar refractivity (Wildman–Crippen MR) is 90.4 cm³/mol. The third-order valence-electron chi connectivity index (χ3n) is 4.80. The van der Waals surface area contributed by atoms with Gasteiger partial charge in [-0.25, -0.2) is 0 Å². The van der Waals surface area contributed by atoms with Crippen LogP contribution in [0.15, 0.2) is 24.3 Å². The van der Waals surface area contributed by atoms with Gasteiger partial charge in [-0.2, -0.15) is 0 Å². The summed E-state index contributed by atoms with van der Waals surface area (Å²) in [7, 11) is -1.21. The van der Waals surface area contributed by atoms with Gasteiger partial charge in [-0.3, -0.25) is 0 Å². The molecule has 0 amide bonds. The molecule has 112 valence electrons. The molecule has 0 aromatic carbocycles. The van der Waals surface area contributed by atoms with Crippen molar-refractivity contribution in [3.8, 4) is 0 Å². The predicted octanol–water partition coefficient (Wildman–Crippen LogP) is 5.40. The van der Waals surface area contributed by atoms with Gasteiger partial charge in [-0.05, 0) is 36.8 Å². The first-order chi connectivity index (χ1) is 8.51. The van der Waals surface area contributed by atoms with Crippen LogP contribution in [0.4, 0.5) is 0 Å². The Bertz CT molecular complexity index is 310. The van der Waals surface area contributed by atoms with Gasteiger partial charge in [-0.1, -0.05) is 58.5 Å². The van der Waals surface area contributed by atoms with Crippen LogP contribution in [-0.4, -0.2) is 19.3 Å². The summed E-state index contributed by atoms with van der Waals surface area (Å²) in [6.45, 7) is 20.0. The molecule has 0 aliphatic rings. The highest BCUT2D eigenvalue weighted by Crippen LogP contribution is 2.39. The monoisotopic (exact) mass is 282 g/mol. The average Bonchev–Trinajstić information content (AvgIpc) is 2.30. The summed E-state index contributed by atoms with van der Waals surface area (Å²) >= 11 is 0. The third-order valence-corrected chi connectivity index (χ3v) is 10.1. The van der Waals surface area contributed by atoms with Crippen LogP contribution in [0.3, 0.4) is 0 Å². The van der Waals surface area contributed by atoms with Gasteiger partial charge in [0, 0.05) is 0 Å². The highest BCUT2D eigenvalue weighted by molar-refractivity contribution is 6.80. The molecule has 1 N–H and O–H groups in total. The largest absolute Gasteiger partial charge is 0.393 e. The van der Waals surface area contributed by atoms with Crippen molar-refractivity contribution >= 4 is 8.07 Å². The molecule has 0 saturated heterocycles. The second-order valence-corrected chi connectivity index (χ2v) is 13.3. The lowest BCUT2D eigenvalue weighted by Gasteiger charge is -2.36. The summed E-state index contributed by atoms with van der Waals surface area (Å²) in [5.74, 6) is 0.188. The van der Waals surface area contributed by atoms with E-state index < -0.39 is 8.07 Å². The molecule has 2 atom stereocenters. The van der Waals surface area contributed by atoms with Gasteiger partial charge in [0.05, 0.1) is 14.2 Å². The zero-order valence-corrected chi connectivity index (χ0v) is 15.1. The minimum Gasteiger partial charge on any atom is -0.393 e. The Kier molecular flexibility index (Phi) is 7.31. The summed E-state index contributed by atoms with van der Waals surface area (Å²) in [4.78, 5) is 0. The molecule has 0 bridgehead atoms. The van der Waals surface area contributed by atoms with Gasteiger partial charge < -0.3 is 5.11 Å². The number of hydrogen-bond acceptors (Lipinski definition) is 1. The van der Waals surface area contributed by atoms with E-state index in [-0.39, 0.29) is 12.0 Å². The smallest absolute Gasteiger partial charge is 0.0603 e. The highest BCUT2D eigenvalue weighted by Gasteiger charge is 2.33. The second-order valence-electron chi connectivity index (χ2n) is 7.59. The fourth-order valence-corrected chi connectivity index (χ4v) is 3.10. The first-order valence-electron chi connectivity index (χ1n) is 7.47. The Morgan fingerprint density at radius 3 is 2.26 bits per heavy atom. The molecule has 0 aliphatic carbocycles. The van der Waals surface area contributed by atoms with Crippen LogP contribution in [0.1, 0.15) is 47.5 Å². The SMILES string of the molecule is C=CC(C)C(O)CC/C(C)=C/C[Si](C)(C)C(C)(C)C. The lowest BCUT2D eigenvalue weighted by atomic mass is 9.98. The van der Waals surface area contributed by atoms with Crippen molar-refractivity contribution in [3.63, 3.8) is 0 Å². The van der Waals surface area contributed by atoms with Crippen molar-refractivity contribution in [1.82, 2.24) is 0 Å². The van der Waals surface area contributed by atoms with E-state index in [1.54, 1.807) is 0 Å². The minimum atomic E-state index is -1.21. The quantitative estimate of drug-likeness (QED) is 0.489. The van der Waals surface area contributed by atoms with Crippen LogP contribution < -0.4 is 0 Å². The molecule has 0 heterocycles. The topological polar surface area (TPSA) is 20.2 Å². The van der Waals surface area contributed by atoms with Gasteiger partial charge >= 0.3 is 0 Å². The normalized spacial score (nSPS) is 17.2. The fourth-order valence-electron chi connectivity index (χ4n) is 1.63. The summed E-state index contributed by atoms with van der Waals surface area (Å²) in [5, 5.41) is 10.4. The lowest BCUT2D eigenvalue weighted by molar-refractivity contribution is 0.128. The van der Waals surface area contributed by atoms with Gasteiger partial charge in [0.1, 0.15) is 0 Å². The maximum Gasteiger partial charge on any atom is 0.0603 e. The van der Waals surface area contributed by atoms with E-state index in [4.69, 9.17) is 0 Å². The molecular weight excluding hydrogens is 248 g/mol. The van der Waals surface area contributed by atoms with Crippen LogP contribution in [-0.2, 0) is 0 Å². The zero-order chi connectivity index (χ0) is 15.3. The number of hydrogen-bond donors (Lipinski definition) is 1. The van der Waals surface area contributed by atoms with Crippen molar-refractivity contribution in [3.05, 3.63) is 24.3 Å². The second kappa shape index (κ2) is 7.44.